The predicted octanol–water partition coefficient (Wildman–Crippen LogP) is 6.85. The van der Waals surface area contributed by atoms with Crippen LogP contribution in [0, 0.1) is 22.7 Å². The summed E-state index contributed by atoms with van der Waals surface area (Å²) < 4.78 is 0. The summed E-state index contributed by atoms with van der Waals surface area (Å²) in [6.07, 6.45) is 18.9. The van der Waals surface area contributed by atoms with Gasteiger partial charge in [0.2, 0.25) is 5.91 Å². The van der Waals surface area contributed by atoms with Crippen LogP contribution in [0.4, 0.5) is 0 Å². The van der Waals surface area contributed by atoms with Crippen molar-refractivity contribution < 1.29 is 14.7 Å². The molecule has 4 nitrogen and oxygen atoms in total. The molecule has 4 heteroatoms. The van der Waals surface area contributed by atoms with Gasteiger partial charge in [-0.15, -0.1) is 0 Å². The third-order valence-electron chi connectivity index (χ3n) is 8.73. The van der Waals surface area contributed by atoms with Crippen molar-refractivity contribution in [3.8, 4) is 0 Å². The molecule has 0 aromatic rings. The first-order valence-electron chi connectivity index (χ1n) is 14.3. The highest BCUT2D eigenvalue weighted by atomic mass is 16.3. The second-order valence-electron chi connectivity index (χ2n) is 12.9. The minimum Gasteiger partial charge on any atom is -0.389 e. The van der Waals surface area contributed by atoms with Gasteiger partial charge in [0.1, 0.15) is 5.78 Å². The molecule has 3 rings (SSSR count). The van der Waals surface area contributed by atoms with E-state index in [1.807, 2.05) is 6.08 Å². The predicted molar refractivity (Wildman–Crippen MR) is 139 cm³/mol. The van der Waals surface area contributed by atoms with Gasteiger partial charge in [0.05, 0.1) is 6.10 Å². The SMILES string of the molecule is CCCCC[C@H](O)/C=C/[C@H]1CCC(=O)[C@@H]1CCCCCCC(=O)N1C[C@@]2(C)C[C@@H]1CC(C)(C)C2. The number of nitrogens with zero attached hydrogens (tertiary/aromatic N) is 1. The summed E-state index contributed by atoms with van der Waals surface area (Å²) >= 11 is 0. The summed E-state index contributed by atoms with van der Waals surface area (Å²) in [4.78, 5) is 27.6. The number of likely N-dealkylation sites (tertiary alicyclic amines) is 1. The Bertz CT molecular complexity index is 714. The van der Waals surface area contributed by atoms with Crippen molar-refractivity contribution in [2.75, 3.05) is 6.54 Å². The molecular formula is C30H51NO3. The first kappa shape index (κ1) is 27.4. The van der Waals surface area contributed by atoms with Gasteiger partial charge in [0.15, 0.2) is 0 Å². The molecule has 0 aromatic carbocycles. The molecule has 5 atom stereocenters. The molecule has 0 radical (unpaired) electrons. The normalized spacial score (nSPS) is 31.5. The van der Waals surface area contributed by atoms with Crippen LogP contribution in [0.1, 0.15) is 124 Å². The lowest BCUT2D eigenvalue weighted by atomic mass is 9.65. The van der Waals surface area contributed by atoms with Crippen LogP contribution in [0.2, 0.25) is 0 Å². The lowest BCUT2D eigenvalue weighted by molar-refractivity contribution is -0.132. The quantitative estimate of drug-likeness (QED) is 0.235. The molecule has 3 aliphatic rings. The maximum atomic E-state index is 12.9. The smallest absolute Gasteiger partial charge is 0.222 e. The number of ketones is 1. The molecule has 1 heterocycles. The summed E-state index contributed by atoms with van der Waals surface area (Å²) in [6.45, 7) is 10.2. The van der Waals surface area contributed by atoms with E-state index in [4.69, 9.17) is 0 Å². The third kappa shape index (κ3) is 7.67. The van der Waals surface area contributed by atoms with Crippen LogP contribution in [0.25, 0.3) is 0 Å². The van der Waals surface area contributed by atoms with Gasteiger partial charge in [-0.25, -0.2) is 0 Å². The topological polar surface area (TPSA) is 57.6 Å². The van der Waals surface area contributed by atoms with Crippen molar-refractivity contribution in [2.45, 2.75) is 136 Å². The number of hydrogen-bond acceptors (Lipinski definition) is 3. The number of hydrogen-bond donors (Lipinski definition) is 1. The van der Waals surface area contributed by atoms with Crippen LogP contribution < -0.4 is 0 Å². The Kier molecular flexibility index (Phi) is 9.83. The van der Waals surface area contributed by atoms with Crippen LogP contribution in [-0.4, -0.2) is 40.4 Å². The maximum absolute atomic E-state index is 12.9. The van der Waals surface area contributed by atoms with E-state index >= 15 is 0 Å². The van der Waals surface area contributed by atoms with Gasteiger partial charge in [0, 0.05) is 31.3 Å². The number of carbonyl (C=O) groups is 2. The monoisotopic (exact) mass is 473 g/mol. The molecule has 34 heavy (non-hydrogen) atoms. The fourth-order valence-corrected chi connectivity index (χ4v) is 7.40. The molecule has 2 aliphatic carbocycles. The molecule has 1 saturated heterocycles. The minimum atomic E-state index is -0.371. The molecule has 2 saturated carbocycles. The first-order valence-corrected chi connectivity index (χ1v) is 14.3. The van der Waals surface area contributed by atoms with Gasteiger partial charge in [0.25, 0.3) is 0 Å². The van der Waals surface area contributed by atoms with Gasteiger partial charge in [-0.1, -0.05) is 78.4 Å². The third-order valence-corrected chi connectivity index (χ3v) is 8.73. The molecule has 1 amide bonds. The van der Waals surface area contributed by atoms with Crippen molar-refractivity contribution in [3.05, 3.63) is 12.2 Å². The minimum absolute atomic E-state index is 0.133. The molecule has 3 fully saturated rings. The summed E-state index contributed by atoms with van der Waals surface area (Å²) in [5.74, 6) is 1.20. The molecule has 1 aliphatic heterocycles. The zero-order chi connectivity index (χ0) is 24.8. The lowest BCUT2D eigenvalue weighted by Crippen LogP contribution is -2.37. The van der Waals surface area contributed by atoms with E-state index in [-0.39, 0.29) is 12.0 Å². The van der Waals surface area contributed by atoms with E-state index < -0.39 is 0 Å². The lowest BCUT2D eigenvalue weighted by Gasteiger charge is -2.39. The van der Waals surface area contributed by atoms with Crippen LogP contribution >= 0.6 is 0 Å². The summed E-state index contributed by atoms with van der Waals surface area (Å²) in [6, 6.07) is 0.449. The maximum Gasteiger partial charge on any atom is 0.222 e. The van der Waals surface area contributed by atoms with E-state index in [9.17, 15) is 14.7 Å². The zero-order valence-electron chi connectivity index (χ0n) is 22.5. The van der Waals surface area contributed by atoms with Crippen molar-refractivity contribution in [1.29, 1.82) is 0 Å². The van der Waals surface area contributed by atoms with E-state index in [1.54, 1.807) is 0 Å². The van der Waals surface area contributed by atoms with Crippen molar-refractivity contribution in [1.82, 2.24) is 4.90 Å². The molecule has 0 unspecified atom stereocenters. The largest absolute Gasteiger partial charge is 0.389 e. The molecule has 2 bridgehead atoms. The average molecular weight is 474 g/mol. The number of carbonyl (C=O) groups excluding carboxylic acids is 2. The molecule has 1 N–H and O–H groups in total. The van der Waals surface area contributed by atoms with E-state index in [1.165, 1.54) is 19.3 Å². The Morgan fingerprint density at radius 1 is 1.12 bits per heavy atom. The highest BCUT2D eigenvalue weighted by Gasteiger charge is 2.50. The second kappa shape index (κ2) is 12.2. The first-order chi connectivity index (χ1) is 16.1. The summed E-state index contributed by atoms with van der Waals surface area (Å²) in [5.41, 5.74) is 0.664. The summed E-state index contributed by atoms with van der Waals surface area (Å²) in [5, 5.41) is 10.2. The summed E-state index contributed by atoms with van der Waals surface area (Å²) in [7, 11) is 0. The van der Waals surface area contributed by atoms with Crippen molar-refractivity contribution >= 4 is 11.7 Å². The standard InChI is InChI=1S/C30H51NO3/c1-5-6-9-12-25(32)17-15-23-16-18-27(33)26(23)13-10-7-8-11-14-28(34)31-22-30(4)20-24(31)19-29(2,3)21-30/h15,17,23-26,32H,5-14,16,18-22H2,1-4H3/b17-15+/t23-,24-,25-,26+,30-/m0/s1. The number of amides is 1. The van der Waals surface area contributed by atoms with Crippen LogP contribution in [0.5, 0.6) is 0 Å². The van der Waals surface area contributed by atoms with Crippen LogP contribution in [0.15, 0.2) is 12.2 Å². The molecule has 0 aromatic heterocycles. The Morgan fingerprint density at radius 3 is 2.65 bits per heavy atom. The Hall–Kier alpha value is -1.16. The number of aliphatic hydroxyl groups is 1. The number of rotatable bonds is 13. The van der Waals surface area contributed by atoms with Crippen LogP contribution in [-0.2, 0) is 9.59 Å². The highest BCUT2D eigenvalue weighted by Crippen LogP contribution is 2.52. The van der Waals surface area contributed by atoms with E-state index in [0.29, 0.717) is 47.3 Å². The number of Topliss-reactive ketones (excluding diaryl/α,β-unsaturated/α-hetero) is 1. The van der Waals surface area contributed by atoms with Gasteiger partial charge < -0.3 is 10.0 Å². The number of fused-ring (bicyclic) bond motifs is 2. The number of aliphatic hydroxyl groups excluding tert-OH is 1. The van der Waals surface area contributed by atoms with Crippen molar-refractivity contribution in [3.63, 3.8) is 0 Å². The molecule has 0 spiro atoms. The second-order valence-corrected chi connectivity index (χ2v) is 12.9. The van der Waals surface area contributed by atoms with E-state index in [2.05, 4.69) is 38.7 Å². The van der Waals surface area contributed by atoms with Gasteiger partial charge in [-0.3, -0.25) is 9.59 Å². The number of allylic oxidation sites excluding steroid dienone is 1. The Balaban J connectivity index is 1.33. The molecule has 194 valence electrons. The average Bonchev–Trinajstić information content (AvgIpc) is 3.23. The number of unbranched alkanes of at least 4 members (excludes halogenated alkanes) is 5. The Morgan fingerprint density at radius 2 is 1.88 bits per heavy atom. The van der Waals surface area contributed by atoms with E-state index in [0.717, 1.165) is 70.8 Å². The fraction of sp³-hybridized carbons (Fsp3) is 0.867. The van der Waals surface area contributed by atoms with Gasteiger partial charge >= 0.3 is 0 Å². The van der Waals surface area contributed by atoms with Gasteiger partial charge in [-0.05, 0) is 61.7 Å². The van der Waals surface area contributed by atoms with Crippen molar-refractivity contribution in [2.24, 2.45) is 22.7 Å². The highest BCUT2D eigenvalue weighted by molar-refractivity contribution is 5.83. The zero-order valence-corrected chi connectivity index (χ0v) is 22.5. The molecular weight excluding hydrogens is 422 g/mol. The van der Waals surface area contributed by atoms with Gasteiger partial charge in [-0.2, -0.15) is 0 Å². The van der Waals surface area contributed by atoms with Crippen LogP contribution in [0.3, 0.4) is 0 Å². The fourth-order valence-electron chi connectivity index (χ4n) is 7.40. The Labute approximate surface area is 208 Å².